The summed E-state index contributed by atoms with van der Waals surface area (Å²) >= 11 is 0. The molecule has 4 heterocycles. The number of nitrogens with zero attached hydrogens (tertiary/aromatic N) is 6. The second-order valence-corrected chi connectivity index (χ2v) is 6.58. The van der Waals surface area contributed by atoms with Crippen molar-refractivity contribution in [1.82, 2.24) is 29.3 Å². The maximum absolute atomic E-state index is 12.7. The molecule has 1 unspecified atom stereocenters. The molecule has 3 aromatic rings. The Morgan fingerprint density at radius 3 is 2.92 bits per heavy atom. The number of amides is 1. The number of hydrogen-bond donors (Lipinski definition) is 1. The number of aryl methyl sites for hydroxylation is 3. The molecule has 0 aromatic carbocycles. The fourth-order valence-electron chi connectivity index (χ4n) is 3.35. The Balaban J connectivity index is 1.45. The van der Waals surface area contributed by atoms with Crippen molar-refractivity contribution >= 4 is 17.4 Å². The zero-order valence-electron chi connectivity index (χ0n) is 14.6. The van der Waals surface area contributed by atoms with Crippen molar-refractivity contribution in [3.8, 4) is 0 Å². The highest BCUT2D eigenvalue weighted by atomic mass is 16.2. The number of anilines is 1. The number of hydrogen-bond acceptors (Lipinski definition) is 5. The summed E-state index contributed by atoms with van der Waals surface area (Å²) in [5.74, 6) is 0.830. The summed E-state index contributed by atoms with van der Waals surface area (Å²) in [6.45, 7) is 5.25. The summed E-state index contributed by atoms with van der Waals surface area (Å²) in [5.41, 5.74) is 3.34. The molecular weight excluding hydrogens is 318 g/mol. The van der Waals surface area contributed by atoms with E-state index in [1.807, 2.05) is 37.1 Å². The van der Waals surface area contributed by atoms with Gasteiger partial charge in [0.25, 0.3) is 5.91 Å². The van der Waals surface area contributed by atoms with E-state index < -0.39 is 0 Å². The summed E-state index contributed by atoms with van der Waals surface area (Å²) in [4.78, 5) is 19.0. The molecule has 25 heavy (non-hydrogen) atoms. The van der Waals surface area contributed by atoms with Crippen LogP contribution in [-0.4, -0.2) is 54.3 Å². The molecule has 1 amide bonds. The lowest BCUT2D eigenvalue weighted by atomic mass is 10.2. The molecule has 3 aromatic heterocycles. The van der Waals surface area contributed by atoms with Crippen LogP contribution in [0.25, 0.3) is 5.65 Å². The zero-order chi connectivity index (χ0) is 17.6. The highest BCUT2D eigenvalue weighted by molar-refractivity contribution is 5.94. The lowest BCUT2D eigenvalue weighted by molar-refractivity contribution is 0.0780. The van der Waals surface area contributed by atoms with Gasteiger partial charge in [0, 0.05) is 26.2 Å². The molecule has 0 saturated carbocycles. The molecule has 0 radical (unpaired) electrons. The molecule has 8 heteroatoms. The van der Waals surface area contributed by atoms with Crippen molar-refractivity contribution in [2.45, 2.75) is 26.3 Å². The summed E-state index contributed by atoms with van der Waals surface area (Å²) < 4.78 is 3.42. The molecule has 1 atom stereocenters. The standard InChI is InChI=1S/C17H21N7O/c1-11-8-18-22(3)16(11)17(25)23-7-6-13(10-23)20-14-4-5-15-19-12(2)9-24(15)21-14/h4-5,8-9,13H,6-7,10H2,1-3H3,(H,20,21). The van der Waals surface area contributed by atoms with Gasteiger partial charge in [0.2, 0.25) is 0 Å². The third-order valence-electron chi connectivity index (χ3n) is 4.59. The minimum Gasteiger partial charge on any atom is -0.364 e. The fraction of sp³-hybridized carbons (Fsp3) is 0.412. The van der Waals surface area contributed by atoms with E-state index in [4.69, 9.17) is 0 Å². The first-order valence-electron chi connectivity index (χ1n) is 8.39. The first-order chi connectivity index (χ1) is 12.0. The number of carbonyl (C=O) groups is 1. The van der Waals surface area contributed by atoms with E-state index in [-0.39, 0.29) is 11.9 Å². The van der Waals surface area contributed by atoms with Crippen LogP contribution in [0.4, 0.5) is 5.82 Å². The maximum atomic E-state index is 12.7. The van der Waals surface area contributed by atoms with Gasteiger partial charge in [-0.25, -0.2) is 9.50 Å². The van der Waals surface area contributed by atoms with Gasteiger partial charge in [-0.3, -0.25) is 9.48 Å². The molecule has 8 nitrogen and oxygen atoms in total. The number of imidazole rings is 1. The number of rotatable bonds is 3. The van der Waals surface area contributed by atoms with Gasteiger partial charge in [-0.05, 0) is 38.0 Å². The van der Waals surface area contributed by atoms with E-state index in [0.717, 1.165) is 35.7 Å². The second-order valence-electron chi connectivity index (χ2n) is 6.58. The maximum Gasteiger partial charge on any atom is 0.272 e. The van der Waals surface area contributed by atoms with Crippen LogP contribution in [0.5, 0.6) is 0 Å². The molecule has 0 aliphatic carbocycles. The highest BCUT2D eigenvalue weighted by Gasteiger charge is 2.29. The quantitative estimate of drug-likeness (QED) is 0.780. The minimum absolute atomic E-state index is 0.0374. The first-order valence-corrected chi connectivity index (χ1v) is 8.39. The topological polar surface area (TPSA) is 80.4 Å². The predicted molar refractivity (Wildman–Crippen MR) is 93.6 cm³/mol. The Hall–Kier alpha value is -2.90. The van der Waals surface area contributed by atoms with Crippen molar-refractivity contribution in [3.05, 3.63) is 41.5 Å². The van der Waals surface area contributed by atoms with E-state index in [1.54, 1.807) is 22.4 Å². The average molecular weight is 339 g/mol. The Morgan fingerprint density at radius 1 is 1.32 bits per heavy atom. The monoisotopic (exact) mass is 339 g/mol. The van der Waals surface area contributed by atoms with Gasteiger partial charge in [0.15, 0.2) is 5.65 Å². The average Bonchev–Trinajstić information content (AvgIpc) is 3.25. The molecule has 130 valence electrons. The van der Waals surface area contributed by atoms with Gasteiger partial charge < -0.3 is 10.2 Å². The third kappa shape index (κ3) is 2.84. The third-order valence-corrected chi connectivity index (χ3v) is 4.59. The van der Waals surface area contributed by atoms with Gasteiger partial charge in [0.05, 0.1) is 18.1 Å². The lowest BCUT2D eigenvalue weighted by Crippen LogP contribution is -2.33. The normalized spacial score (nSPS) is 17.4. The summed E-state index contributed by atoms with van der Waals surface area (Å²) in [6.07, 6.45) is 4.52. The Bertz CT molecular complexity index is 922. The molecule has 1 N–H and O–H groups in total. The minimum atomic E-state index is 0.0374. The number of carbonyl (C=O) groups excluding carboxylic acids is 1. The Kier molecular flexibility index (Phi) is 3.67. The van der Waals surface area contributed by atoms with Crippen LogP contribution in [0, 0.1) is 13.8 Å². The SMILES string of the molecule is Cc1cn2nc(NC3CCN(C(=O)c4c(C)cnn4C)C3)ccc2n1. The van der Waals surface area contributed by atoms with Crippen molar-refractivity contribution in [2.75, 3.05) is 18.4 Å². The van der Waals surface area contributed by atoms with Crippen LogP contribution in [0.2, 0.25) is 0 Å². The Morgan fingerprint density at radius 2 is 2.16 bits per heavy atom. The van der Waals surface area contributed by atoms with Crippen LogP contribution >= 0.6 is 0 Å². The van der Waals surface area contributed by atoms with E-state index in [0.29, 0.717) is 12.2 Å². The predicted octanol–water partition coefficient (Wildman–Crippen LogP) is 1.41. The second kappa shape index (κ2) is 5.87. The largest absolute Gasteiger partial charge is 0.364 e. The molecule has 0 bridgehead atoms. The molecule has 1 aliphatic rings. The van der Waals surface area contributed by atoms with Crippen LogP contribution in [0.1, 0.15) is 28.2 Å². The number of fused-ring (bicyclic) bond motifs is 1. The fourth-order valence-corrected chi connectivity index (χ4v) is 3.35. The summed E-state index contributed by atoms with van der Waals surface area (Å²) in [6, 6.07) is 4.06. The van der Waals surface area contributed by atoms with Gasteiger partial charge in [-0.15, -0.1) is 5.10 Å². The van der Waals surface area contributed by atoms with Gasteiger partial charge in [-0.2, -0.15) is 5.10 Å². The summed E-state index contributed by atoms with van der Waals surface area (Å²) in [5, 5.41) is 12.1. The highest BCUT2D eigenvalue weighted by Crippen LogP contribution is 2.18. The molecular formula is C17H21N7O. The van der Waals surface area contributed by atoms with Crippen LogP contribution in [0.15, 0.2) is 24.5 Å². The van der Waals surface area contributed by atoms with E-state index >= 15 is 0 Å². The van der Waals surface area contributed by atoms with E-state index in [2.05, 4.69) is 20.5 Å². The van der Waals surface area contributed by atoms with Crippen molar-refractivity contribution < 1.29 is 4.79 Å². The summed E-state index contributed by atoms with van der Waals surface area (Å²) in [7, 11) is 1.80. The van der Waals surface area contributed by atoms with Gasteiger partial charge >= 0.3 is 0 Å². The number of aromatic nitrogens is 5. The lowest BCUT2D eigenvalue weighted by Gasteiger charge is -2.18. The van der Waals surface area contributed by atoms with Crippen molar-refractivity contribution in [3.63, 3.8) is 0 Å². The van der Waals surface area contributed by atoms with Crippen LogP contribution < -0.4 is 5.32 Å². The van der Waals surface area contributed by atoms with E-state index in [1.165, 1.54) is 0 Å². The first kappa shape index (κ1) is 15.6. The molecule has 1 saturated heterocycles. The smallest absolute Gasteiger partial charge is 0.272 e. The van der Waals surface area contributed by atoms with E-state index in [9.17, 15) is 4.79 Å². The molecule has 1 aliphatic heterocycles. The number of nitrogens with one attached hydrogen (secondary N) is 1. The number of likely N-dealkylation sites (tertiary alicyclic amines) is 1. The molecule has 1 fully saturated rings. The zero-order valence-corrected chi connectivity index (χ0v) is 14.6. The van der Waals surface area contributed by atoms with Gasteiger partial charge in [0.1, 0.15) is 11.5 Å². The molecule has 4 rings (SSSR count). The van der Waals surface area contributed by atoms with Crippen molar-refractivity contribution in [2.24, 2.45) is 7.05 Å². The molecule has 0 spiro atoms. The van der Waals surface area contributed by atoms with Crippen LogP contribution in [-0.2, 0) is 7.05 Å². The van der Waals surface area contributed by atoms with Gasteiger partial charge in [-0.1, -0.05) is 0 Å². The Labute approximate surface area is 145 Å². The van der Waals surface area contributed by atoms with Crippen molar-refractivity contribution in [1.29, 1.82) is 0 Å². The van der Waals surface area contributed by atoms with Crippen LogP contribution in [0.3, 0.4) is 0 Å².